The SMILES string of the molecule is Cn1nc(NS(C)(=O)=O)c2c(Cl)ccc(-c3ccc(C#CC(C)(C)N4CCOC4=O)nc3[C@H](Cc3cc(F)cc(F)c3)NC(=O)Cn3nc(C(F)F)c4c3C(F)(F)[C@@H]3C[C@H]43)c21. The molecule has 21 heteroatoms. The van der Waals surface area contributed by atoms with Gasteiger partial charge in [-0.15, -0.1) is 0 Å². The lowest BCUT2D eigenvalue weighted by atomic mass is 9.93. The molecule has 3 aliphatic rings. The predicted octanol–water partition coefficient (Wildman–Crippen LogP) is 6.96. The number of carbonyl (C=O) groups is 2. The lowest BCUT2D eigenvalue weighted by Crippen LogP contribution is -2.43. The lowest BCUT2D eigenvalue weighted by Gasteiger charge is -2.27. The van der Waals surface area contributed by atoms with E-state index in [2.05, 4.69) is 32.1 Å². The van der Waals surface area contributed by atoms with Gasteiger partial charge in [0.05, 0.1) is 40.5 Å². The standard InChI is InChI=1S/C40H35ClF6N8O5S/c1-39(2,54-11-12-60-38(54)57)10-9-22-5-6-23(24-7-8-27(41)31-34(24)53(3)51-37(31)52-61(4,58)59)32(48-22)28(15-19-13-20(42)16-21(43)14-19)49-29(56)18-55-35-30(33(50-55)36(44)45)25-17-26(25)40(35,46)47/h5-8,13-14,16,25-26,28,36H,11-12,15,17-18H2,1-4H3,(H,49,56)(H,51,52)/t25-,26+,28-/m0/s1. The number of sulfonamides is 1. The first-order valence-corrected chi connectivity index (χ1v) is 21.0. The quantitative estimate of drug-likeness (QED) is 0.107. The fourth-order valence-electron chi connectivity index (χ4n) is 8.20. The second-order valence-electron chi connectivity index (χ2n) is 15.6. The fourth-order valence-corrected chi connectivity index (χ4v) is 8.94. The average molecular weight is 889 g/mol. The van der Waals surface area contributed by atoms with Gasteiger partial charge in [-0.2, -0.15) is 19.0 Å². The predicted molar refractivity (Wildman–Crippen MR) is 209 cm³/mol. The molecule has 3 aromatic heterocycles. The summed E-state index contributed by atoms with van der Waals surface area (Å²) >= 11 is 6.62. The minimum absolute atomic E-state index is 0.0112. The van der Waals surface area contributed by atoms with Gasteiger partial charge in [0.25, 0.3) is 12.3 Å². The van der Waals surface area contributed by atoms with Gasteiger partial charge in [0.2, 0.25) is 15.9 Å². The third kappa shape index (κ3) is 7.84. The van der Waals surface area contributed by atoms with Crippen molar-refractivity contribution in [2.24, 2.45) is 13.0 Å². The first kappa shape index (κ1) is 41.9. The highest BCUT2D eigenvalue weighted by molar-refractivity contribution is 7.92. The summed E-state index contributed by atoms with van der Waals surface area (Å²) in [6.07, 6.45) is -3.17. The van der Waals surface area contributed by atoms with E-state index in [1.54, 1.807) is 26.0 Å². The maximum atomic E-state index is 15.5. The Hall–Kier alpha value is -5.81. The van der Waals surface area contributed by atoms with Crippen LogP contribution in [-0.2, 0) is 45.5 Å². The summed E-state index contributed by atoms with van der Waals surface area (Å²) in [6, 6.07) is 7.52. The highest BCUT2D eigenvalue weighted by Gasteiger charge is 2.67. The van der Waals surface area contributed by atoms with Gasteiger partial charge < -0.3 is 10.1 Å². The number of fused-ring (bicyclic) bond motifs is 4. The number of alkyl halides is 4. The summed E-state index contributed by atoms with van der Waals surface area (Å²) in [5, 5.41) is 11.1. The van der Waals surface area contributed by atoms with E-state index >= 15 is 8.78 Å². The van der Waals surface area contributed by atoms with Crippen LogP contribution in [0.25, 0.3) is 22.0 Å². The third-order valence-corrected chi connectivity index (χ3v) is 11.7. The summed E-state index contributed by atoms with van der Waals surface area (Å²) in [7, 11) is -2.32. The van der Waals surface area contributed by atoms with Crippen molar-refractivity contribution in [3.8, 4) is 23.0 Å². The molecule has 0 unspecified atom stereocenters. The third-order valence-electron chi connectivity index (χ3n) is 10.9. The number of cyclic esters (lactones) is 1. The highest BCUT2D eigenvalue weighted by Crippen LogP contribution is 2.68. The number of pyridine rings is 1. The maximum Gasteiger partial charge on any atom is 0.411 e. The molecular formula is C40H35ClF6N8O5S. The second kappa shape index (κ2) is 15.0. The number of aromatic nitrogens is 5. The molecule has 61 heavy (non-hydrogen) atoms. The van der Waals surface area contributed by atoms with Gasteiger partial charge in [-0.3, -0.25) is 23.8 Å². The van der Waals surface area contributed by atoms with Crippen LogP contribution in [-0.4, -0.2) is 74.8 Å². The molecule has 2 N–H and O–H groups in total. The van der Waals surface area contributed by atoms with E-state index in [1.165, 1.54) is 28.8 Å². The average Bonchev–Trinajstić information content (AvgIpc) is 3.37. The summed E-state index contributed by atoms with van der Waals surface area (Å²) in [4.78, 5) is 32.7. The van der Waals surface area contributed by atoms with Crippen molar-refractivity contribution < 1.29 is 49.1 Å². The van der Waals surface area contributed by atoms with Crippen molar-refractivity contribution in [3.05, 3.63) is 93.0 Å². The molecule has 1 aliphatic heterocycles. The van der Waals surface area contributed by atoms with Crippen LogP contribution >= 0.6 is 11.6 Å². The van der Waals surface area contributed by atoms with E-state index in [9.17, 15) is 35.6 Å². The number of hydrogen-bond acceptors (Lipinski definition) is 8. The molecule has 2 aromatic carbocycles. The van der Waals surface area contributed by atoms with Crippen LogP contribution in [0.2, 0.25) is 5.02 Å². The largest absolute Gasteiger partial charge is 0.447 e. The molecular weight excluding hydrogens is 854 g/mol. The number of benzene rings is 2. The Morgan fingerprint density at radius 1 is 1.08 bits per heavy atom. The summed E-state index contributed by atoms with van der Waals surface area (Å²) in [5.74, 6) is -2.51. The van der Waals surface area contributed by atoms with Crippen molar-refractivity contribution in [1.29, 1.82) is 0 Å². The molecule has 4 heterocycles. The molecule has 3 atom stereocenters. The Morgan fingerprint density at radius 3 is 2.44 bits per heavy atom. The number of ether oxygens (including phenoxy) is 1. The smallest absolute Gasteiger partial charge is 0.411 e. The molecule has 2 amide bonds. The number of nitrogens with one attached hydrogen (secondary N) is 2. The zero-order valence-corrected chi connectivity index (χ0v) is 34.2. The topological polar surface area (TPSA) is 153 Å². The Labute approximate surface area is 349 Å². The van der Waals surface area contributed by atoms with E-state index in [4.69, 9.17) is 21.3 Å². The maximum absolute atomic E-state index is 15.5. The van der Waals surface area contributed by atoms with Crippen molar-refractivity contribution in [3.63, 3.8) is 0 Å². The van der Waals surface area contributed by atoms with Crippen molar-refractivity contribution in [2.75, 3.05) is 24.1 Å². The molecule has 1 saturated heterocycles. The van der Waals surface area contributed by atoms with Crippen LogP contribution in [0, 0.1) is 29.4 Å². The van der Waals surface area contributed by atoms with Crippen molar-refractivity contribution in [2.45, 2.75) is 63.1 Å². The van der Waals surface area contributed by atoms with Crippen LogP contribution < -0.4 is 10.0 Å². The number of halogens is 7. The van der Waals surface area contributed by atoms with Gasteiger partial charge in [0.15, 0.2) is 5.82 Å². The van der Waals surface area contributed by atoms with E-state index in [0.29, 0.717) is 21.8 Å². The summed E-state index contributed by atoms with van der Waals surface area (Å²) in [5.41, 5.74) is -1.85. The molecule has 8 rings (SSSR count). The van der Waals surface area contributed by atoms with Crippen LogP contribution in [0.15, 0.2) is 42.5 Å². The van der Waals surface area contributed by atoms with Gasteiger partial charge in [-0.25, -0.2) is 35.8 Å². The van der Waals surface area contributed by atoms with Crippen LogP contribution in [0.4, 0.5) is 37.0 Å². The second-order valence-corrected chi connectivity index (χ2v) is 17.8. The number of anilines is 1. The number of aryl methyl sites for hydroxylation is 1. The zero-order chi connectivity index (χ0) is 43.9. The Balaban J connectivity index is 1.28. The molecule has 0 spiro atoms. The van der Waals surface area contributed by atoms with Gasteiger partial charge in [-0.1, -0.05) is 23.6 Å². The van der Waals surface area contributed by atoms with Gasteiger partial charge in [-0.05, 0) is 74.4 Å². The van der Waals surface area contributed by atoms with E-state index < -0.39 is 87.4 Å². The Kier molecular flexibility index (Phi) is 10.3. The summed E-state index contributed by atoms with van der Waals surface area (Å²) < 4.78 is 123. The van der Waals surface area contributed by atoms with Crippen LogP contribution in [0.1, 0.15) is 72.6 Å². The molecule has 5 aromatic rings. The number of hydrogen-bond donors (Lipinski definition) is 2. The first-order valence-electron chi connectivity index (χ1n) is 18.8. The molecule has 1 saturated carbocycles. The zero-order valence-electron chi connectivity index (χ0n) is 32.7. The van der Waals surface area contributed by atoms with E-state index in [1.807, 2.05) is 0 Å². The molecule has 13 nitrogen and oxygen atoms in total. The minimum atomic E-state index is -3.85. The molecule has 2 aliphatic carbocycles. The van der Waals surface area contributed by atoms with Gasteiger partial charge in [0, 0.05) is 35.7 Å². The van der Waals surface area contributed by atoms with E-state index in [-0.39, 0.29) is 70.3 Å². The molecule has 0 radical (unpaired) electrons. The molecule has 2 fully saturated rings. The number of nitrogens with zero attached hydrogens (tertiary/aromatic N) is 6. The molecule has 320 valence electrons. The molecule has 0 bridgehead atoms. The van der Waals surface area contributed by atoms with E-state index in [0.717, 1.165) is 18.4 Å². The van der Waals surface area contributed by atoms with Gasteiger partial charge in [0.1, 0.15) is 47.4 Å². The number of rotatable bonds is 11. The Bertz CT molecular complexity index is 2820. The highest BCUT2D eigenvalue weighted by atomic mass is 35.5. The fraction of sp³-hybridized carbons (Fsp3) is 0.375. The lowest BCUT2D eigenvalue weighted by molar-refractivity contribution is -0.123. The first-order chi connectivity index (χ1) is 28.6. The monoisotopic (exact) mass is 888 g/mol. The van der Waals surface area contributed by atoms with Gasteiger partial charge >= 0.3 is 6.09 Å². The summed E-state index contributed by atoms with van der Waals surface area (Å²) in [6.45, 7) is 2.89. The number of amides is 2. The van der Waals surface area contributed by atoms with Crippen molar-refractivity contribution in [1.82, 2.24) is 34.8 Å². The van der Waals surface area contributed by atoms with Crippen molar-refractivity contribution >= 4 is 50.3 Å². The minimum Gasteiger partial charge on any atom is -0.447 e. The number of carbonyl (C=O) groups excluding carboxylic acids is 2. The normalized spacial score (nSPS) is 18.4. The van der Waals surface area contributed by atoms with Crippen LogP contribution in [0.5, 0.6) is 0 Å². The Morgan fingerprint density at radius 2 is 1.79 bits per heavy atom. The van der Waals surface area contributed by atoms with Crippen LogP contribution in [0.3, 0.4) is 0 Å².